The summed E-state index contributed by atoms with van der Waals surface area (Å²) in [6.45, 7) is 19.0. The van der Waals surface area contributed by atoms with Gasteiger partial charge in [0.1, 0.15) is 35.1 Å². The molecule has 0 spiro atoms. The Hall–Kier alpha value is -2.03. The summed E-state index contributed by atoms with van der Waals surface area (Å²) in [4.78, 5) is 48.2. The monoisotopic (exact) mass is 766 g/mol. The summed E-state index contributed by atoms with van der Waals surface area (Å²) in [7, 11) is 1.62. The Morgan fingerprint density at radius 3 is 1.15 bits per heavy atom. The van der Waals surface area contributed by atoms with Crippen molar-refractivity contribution in [3.8, 4) is 0 Å². The molecule has 17 nitrogen and oxygen atoms in total. The molecule has 17 heteroatoms. The number of ether oxygens (including phenoxy) is 3. The zero-order valence-electron chi connectivity index (χ0n) is 33.9. The number of likely N-dealkylation sites (N-methyl/N-ethyl adjacent to an activating group) is 1. The Bertz CT molecular complexity index is 1050. The largest absolute Gasteiger partial charge is 0.459 e. The van der Waals surface area contributed by atoms with Crippen LogP contribution in [-0.4, -0.2) is 226 Å². The number of esters is 3. The van der Waals surface area contributed by atoms with E-state index in [-0.39, 0.29) is 45.2 Å². The first kappa shape index (κ1) is 49.0. The van der Waals surface area contributed by atoms with E-state index in [1.54, 1.807) is 74.3 Å². The van der Waals surface area contributed by atoms with Crippen LogP contribution in [0.25, 0.3) is 0 Å². The van der Waals surface area contributed by atoms with Crippen molar-refractivity contribution in [1.29, 1.82) is 0 Å². The molecule has 5 unspecified atom stereocenters. The van der Waals surface area contributed by atoms with Crippen molar-refractivity contribution in [1.82, 2.24) is 24.5 Å². The van der Waals surface area contributed by atoms with Gasteiger partial charge in [-0.3, -0.25) is 34.0 Å². The van der Waals surface area contributed by atoms with Gasteiger partial charge in [-0.2, -0.15) is 0 Å². The van der Waals surface area contributed by atoms with Gasteiger partial charge < -0.3 is 49.7 Å². The fraction of sp³-hybridized carbons (Fsp3) is 0.917. The van der Waals surface area contributed by atoms with Gasteiger partial charge in [0.2, 0.25) is 0 Å². The molecule has 1 fully saturated rings. The summed E-state index contributed by atoms with van der Waals surface area (Å²) in [5.74, 6) is -1.16. The number of hydrogen-bond acceptors (Lipinski definition) is 17. The molecule has 6 N–H and O–H groups in total. The lowest BCUT2D eigenvalue weighted by Crippen LogP contribution is -2.51. The molecule has 312 valence electrons. The summed E-state index contributed by atoms with van der Waals surface area (Å²) < 4.78 is 16.8. The Morgan fingerprint density at radius 2 is 0.849 bits per heavy atom. The second-order valence-corrected chi connectivity index (χ2v) is 17.1. The standard InChI is InChI=1S/C36H71N5O12/c1-34(2,3)51-29(46)22-39-13-11-38(20-26(43)19-37(10)21-27(44)32(49)33(50)28(45)25-42)12-14-40(23-30(47)52-35(4,5)6)16-18-41(17-15-39)24-31(48)53-36(7,8)9/h26-28,32-33,42-45,49-50H,11-25H2,1-10H3. The molecule has 1 aliphatic rings. The van der Waals surface area contributed by atoms with Gasteiger partial charge in [0.05, 0.1) is 38.4 Å². The third-order valence-corrected chi connectivity index (χ3v) is 8.06. The first-order valence-electron chi connectivity index (χ1n) is 18.5. The molecule has 0 amide bonds. The molecule has 53 heavy (non-hydrogen) atoms. The molecular formula is C36H71N5O12. The highest BCUT2D eigenvalue weighted by atomic mass is 16.6. The number of aliphatic hydroxyl groups excluding tert-OH is 6. The number of carbonyl (C=O) groups is 3. The average molecular weight is 766 g/mol. The number of aliphatic hydroxyl groups is 6. The Balaban J connectivity index is 3.22. The van der Waals surface area contributed by atoms with Gasteiger partial charge in [0.25, 0.3) is 0 Å². The molecule has 1 rings (SSSR count). The minimum Gasteiger partial charge on any atom is -0.459 e. The molecule has 0 radical (unpaired) electrons. The summed E-state index contributed by atoms with van der Waals surface area (Å²) in [6, 6.07) is 0. The lowest BCUT2D eigenvalue weighted by molar-refractivity contribution is -0.158. The van der Waals surface area contributed by atoms with Crippen LogP contribution < -0.4 is 0 Å². The number of rotatable bonds is 16. The molecular weight excluding hydrogens is 694 g/mol. The second-order valence-electron chi connectivity index (χ2n) is 17.1. The minimum atomic E-state index is -1.76. The van der Waals surface area contributed by atoms with E-state index in [4.69, 9.17) is 19.3 Å². The predicted octanol–water partition coefficient (Wildman–Crippen LogP) is -2.04. The van der Waals surface area contributed by atoms with Crippen molar-refractivity contribution in [2.75, 3.05) is 105 Å². The van der Waals surface area contributed by atoms with Gasteiger partial charge in [-0.15, -0.1) is 0 Å². The fourth-order valence-corrected chi connectivity index (χ4v) is 5.69. The van der Waals surface area contributed by atoms with Crippen molar-refractivity contribution in [2.24, 2.45) is 0 Å². The van der Waals surface area contributed by atoms with E-state index in [0.717, 1.165) is 0 Å². The van der Waals surface area contributed by atoms with E-state index in [0.29, 0.717) is 52.4 Å². The lowest BCUT2D eigenvalue weighted by Gasteiger charge is -2.35. The predicted molar refractivity (Wildman–Crippen MR) is 198 cm³/mol. The maximum Gasteiger partial charge on any atom is 0.320 e. The van der Waals surface area contributed by atoms with Crippen molar-refractivity contribution in [2.45, 2.75) is 110 Å². The summed E-state index contributed by atoms with van der Waals surface area (Å²) in [5.41, 5.74) is -2.01. The molecule has 0 aliphatic carbocycles. The lowest BCUT2D eigenvalue weighted by atomic mass is 10.0. The number of hydrogen-bond donors (Lipinski definition) is 6. The van der Waals surface area contributed by atoms with Gasteiger partial charge in [0.15, 0.2) is 0 Å². The smallest absolute Gasteiger partial charge is 0.320 e. The van der Waals surface area contributed by atoms with E-state index >= 15 is 0 Å². The van der Waals surface area contributed by atoms with E-state index in [1.807, 2.05) is 19.6 Å². The van der Waals surface area contributed by atoms with Crippen molar-refractivity contribution in [3.63, 3.8) is 0 Å². The highest BCUT2D eigenvalue weighted by molar-refractivity contribution is 5.73. The fourth-order valence-electron chi connectivity index (χ4n) is 5.69. The molecule has 0 bridgehead atoms. The van der Waals surface area contributed by atoms with Gasteiger partial charge in [-0.1, -0.05) is 0 Å². The summed E-state index contributed by atoms with van der Waals surface area (Å²) >= 11 is 0. The topological polar surface area (TPSA) is 216 Å². The van der Waals surface area contributed by atoms with Gasteiger partial charge in [0, 0.05) is 72.0 Å². The van der Waals surface area contributed by atoms with E-state index < -0.39 is 65.9 Å². The van der Waals surface area contributed by atoms with Crippen LogP contribution in [0, 0.1) is 0 Å². The number of β-amino-alcohol motifs (C(OH)–C–C–N with tert-alkyl or cyclic N) is 1. The SMILES string of the molecule is CN(CC(O)CN1CCN(CC(=O)OC(C)(C)C)CCN(CC(=O)OC(C)(C)C)CCN(CC(=O)OC(C)(C)C)CC1)CC(O)C(O)C(O)C(O)CO. The summed E-state index contributed by atoms with van der Waals surface area (Å²) in [5, 5.41) is 60.4. The van der Waals surface area contributed by atoms with Crippen LogP contribution in [0.2, 0.25) is 0 Å². The van der Waals surface area contributed by atoms with Crippen LogP contribution in [0.15, 0.2) is 0 Å². The van der Waals surface area contributed by atoms with Crippen LogP contribution in [-0.2, 0) is 28.6 Å². The number of carbonyl (C=O) groups excluding carboxylic acids is 3. The highest BCUT2D eigenvalue weighted by Gasteiger charge is 2.31. The van der Waals surface area contributed by atoms with Gasteiger partial charge >= 0.3 is 17.9 Å². The second kappa shape index (κ2) is 22.5. The maximum absolute atomic E-state index is 12.9. The Morgan fingerprint density at radius 1 is 0.547 bits per heavy atom. The minimum absolute atomic E-state index is 0.0124. The quantitative estimate of drug-likeness (QED) is 0.0737. The van der Waals surface area contributed by atoms with Crippen LogP contribution in [0.3, 0.4) is 0 Å². The van der Waals surface area contributed by atoms with Gasteiger partial charge in [-0.05, 0) is 69.4 Å². The molecule has 1 heterocycles. The zero-order chi connectivity index (χ0) is 40.7. The summed E-state index contributed by atoms with van der Waals surface area (Å²) in [6.07, 6.45) is -7.50. The first-order chi connectivity index (χ1) is 24.3. The third-order valence-electron chi connectivity index (χ3n) is 8.06. The van der Waals surface area contributed by atoms with Crippen molar-refractivity contribution < 1.29 is 59.2 Å². The highest BCUT2D eigenvalue weighted by Crippen LogP contribution is 2.12. The van der Waals surface area contributed by atoms with Gasteiger partial charge in [-0.25, -0.2) is 0 Å². The average Bonchev–Trinajstić information content (AvgIpc) is 2.97. The number of nitrogens with zero attached hydrogens (tertiary/aromatic N) is 5. The van der Waals surface area contributed by atoms with Crippen LogP contribution in [0.5, 0.6) is 0 Å². The Kier molecular flexibility index (Phi) is 20.8. The maximum atomic E-state index is 12.9. The van der Waals surface area contributed by atoms with Crippen LogP contribution >= 0.6 is 0 Å². The first-order valence-corrected chi connectivity index (χ1v) is 18.5. The molecule has 0 aromatic rings. The normalized spacial score (nSPS) is 20.1. The molecule has 1 aliphatic heterocycles. The van der Waals surface area contributed by atoms with Crippen molar-refractivity contribution >= 4 is 17.9 Å². The molecule has 0 aromatic carbocycles. The molecule has 1 saturated heterocycles. The van der Waals surface area contributed by atoms with Crippen LogP contribution in [0.4, 0.5) is 0 Å². The zero-order valence-corrected chi connectivity index (χ0v) is 33.9. The molecule has 0 aromatic heterocycles. The molecule has 0 saturated carbocycles. The third kappa shape index (κ3) is 22.8. The van der Waals surface area contributed by atoms with Crippen LogP contribution in [0.1, 0.15) is 62.3 Å². The Labute approximate surface area is 316 Å². The molecule has 5 atom stereocenters. The van der Waals surface area contributed by atoms with E-state index in [1.165, 1.54) is 0 Å². The van der Waals surface area contributed by atoms with Crippen molar-refractivity contribution in [3.05, 3.63) is 0 Å². The van der Waals surface area contributed by atoms with E-state index in [9.17, 15) is 39.9 Å². The van der Waals surface area contributed by atoms with E-state index in [2.05, 4.69) is 0 Å².